The van der Waals surface area contributed by atoms with Crippen molar-refractivity contribution in [3.8, 4) is 0 Å². The van der Waals surface area contributed by atoms with Crippen LogP contribution in [0.1, 0.15) is 36.0 Å². The Bertz CT molecular complexity index is 513. The van der Waals surface area contributed by atoms with Crippen molar-refractivity contribution in [2.75, 3.05) is 11.9 Å². The van der Waals surface area contributed by atoms with Gasteiger partial charge in [-0.3, -0.25) is 4.79 Å². The lowest BCUT2D eigenvalue weighted by molar-refractivity contribution is -0.115. The zero-order chi connectivity index (χ0) is 14.5. The minimum Gasteiger partial charge on any atom is -0.478 e. The Morgan fingerprint density at radius 2 is 2.00 bits per heavy atom. The van der Waals surface area contributed by atoms with Crippen molar-refractivity contribution >= 4 is 29.2 Å². The van der Waals surface area contributed by atoms with Crippen LogP contribution in [0.4, 0.5) is 5.69 Å². The highest BCUT2D eigenvalue weighted by Crippen LogP contribution is 2.21. The number of anilines is 1. The SMILES string of the molecule is O=C(CNC1CCCC1)Nc1cc(Cl)ccc1C(=O)O. The minimum atomic E-state index is -1.10. The zero-order valence-electron chi connectivity index (χ0n) is 11.0. The number of aromatic carboxylic acids is 1. The van der Waals surface area contributed by atoms with E-state index in [2.05, 4.69) is 10.6 Å². The van der Waals surface area contributed by atoms with Gasteiger partial charge >= 0.3 is 5.97 Å². The van der Waals surface area contributed by atoms with Crippen molar-refractivity contribution < 1.29 is 14.7 Å². The molecule has 0 bridgehead atoms. The van der Waals surface area contributed by atoms with Crippen LogP contribution in [0.15, 0.2) is 18.2 Å². The number of nitrogens with one attached hydrogen (secondary N) is 2. The first-order chi connectivity index (χ1) is 9.56. The molecule has 0 heterocycles. The van der Waals surface area contributed by atoms with Crippen molar-refractivity contribution in [2.45, 2.75) is 31.7 Å². The molecule has 0 aromatic heterocycles. The number of carboxylic acids is 1. The van der Waals surface area contributed by atoms with Gasteiger partial charge in [0.2, 0.25) is 5.91 Å². The van der Waals surface area contributed by atoms with Crippen LogP contribution in [-0.4, -0.2) is 29.6 Å². The van der Waals surface area contributed by atoms with Gasteiger partial charge in [-0.05, 0) is 31.0 Å². The number of hydrogen-bond acceptors (Lipinski definition) is 3. The van der Waals surface area contributed by atoms with E-state index in [9.17, 15) is 9.59 Å². The lowest BCUT2D eigenvalue weighted by Crippen LogP contribution is -2.34. The van der Waals surface area contributed by atoms with Crippen molar-refractivity contribution in [1.82, 2.24) is 5.32 Å². The van der Waals surface area contributed by atoms with Gasteiger partial charge in [0.1, 0.15) is 0 Å². The maximum absolute atomic E-state index is 11.8. The van der Waals surface area contributed by atoms with Crippen LogP contribution in [0.5, 0.6) is 0 Å². The molecule has 0 atom stereocenters. The molecule has 1 aliphatic rings. The van der Waals surface area contributed by atoms with Crippen molar-refractivity contribution in [2.24, 2.45) is 0 Å². The molecule has 3 N–H and O–H groups in total. The summed E-state index contributed by atoms with van der Waals surface area (Å²) in [5, 5.41) is 15.2. The molecule has 6 heteroatoms. The number of rotatable bonds is 5. The Hall–Kier alpha value is -1.59. The van der Waals surface area contributed by atoms with E-state index >= 15 is 0 Å². The van der Waals surface area contributed by atoms with E-state index in [1.165, 1.54) is 31.0 Å². The highest BCUT2D eigenvalue weighted by molar-refractivity contribution is 6.31. The Balaban J connectivity index is 1.96. The molecule has 0 aliphatic heterocycles. The monoisotopic (exact) mass is 296 g/mol. The first-order valence-electron chi connectivity index (χ1n) is 6.62. The molecule has 0 saturated heterocycles. The molecule has 1 aliphatic carbocycles. The van der Waals surface area contributed by atoms with Gasteiger partial charge in [-0.1, -0.05) is 24.4 Å². The Kier molecular flexibility index (Phi) is 4.98. The van der Waals surface area contributed by atoms with E-state index in [0.29, 0.717) is 11.1 Å². The van der Waals surface area contributed by atoms with Gasteiger partial charge in [0.25, 0.3) is 0 Å². The highest BCUT2D eigenvalue weighted by Gasteiger charge is 2.17. The smallest absolute Gasteiger partial charge is 0.337 e. The molecule has 1 amide bonds. The number of benzene rings is 1. The van der Waals surface area contributed by atoms with E-state index in [4.69, 9.17) is 16.7 Å². The maximum Gasteiger partial charge on any atom is 0.337 e. The Morgan fingerprint density at radius 3 is 2.65 bits per heavy atom. The molecular formula is C14H17ClN2O3. The third kappa shape index (κ3) is 3.95. The fourth-order valence-corrected chi connectivity index (χ4v) is 2.54. The second-order valence-corrected chi connectivity index (χ2v) is 5.34. The van der Waals surface area contributed by atoms with Crippen molar-refractivity contribution in [1.29, 1.82) is 0 Å². The molecular weight excluding hydrogens is 280 g/mol. The topological polar surface area (TPSA) is 78.4 Å². The summed E-state index contributed by atoms with van der Waals surface area (Å²) in [6.07, 6.45) is 4.56. The average molecular weight is 297 g/mol. The van der Waals surface area contributed by atoms with E-state index < -0.39 is 5.97 Å². The minimum absolute atomic E-state index is 0.0311. The molecule has 1 fully saturated rings. The second-order valence-electron chi connectivity index (χ2n) is 4.91. The molecule has 2 rings (SSSR count). The summed E-state index contributed by atoms with van der Waals surface area (Å²) in [7, 11) is 0. The predicted octanol–water partition coefficient (Wildman–Crippen LogP) is 2.51. The third-order valence-corrected chi connectivity index (χ3v) is 3.63. The lowest BCUT2D eigenvalue weighted by Gasteiger charge is -2.13. The molecule has 20 heavy (non-hydrogen) atoms. The number of carboxylic acid groups (broad SMARTS) is 1. The summed E-state index contributed by atoms with van der Waals surface area (Å²) in [5.41, 5.74) is 0.256. The average Bonchev–Trinajstić information content (AvgIpc) is 2.89. The van der Waals surface area contributed by atoms with Gasteiger partial charge in [0.05, 0.1) is 17.8 Å². The van der Waals surface area contributed by atoms with Gasteiger partial charge < -0.3 is 15.7 Å². The Morgan fingerprint density at radius 1 is 1.30 bits per heavy atom. The molecule has 1 aromatic carbocycles. The molecule has 0 unspecified atom stereocenters. The molecule has 1 saturated carbocycles. The molecule has 5 nitrogen and oxygen atoms in total. The molecule has 1 aromatic rings. The summed E-state index contributed by atoms with van der Waals surface area (Å²) in [5.74, 6) is -1.36. The van der Waals surface area contributed by atoms with Crippen LogP contribution >= 0.6 is 11.6 Å². The normalized spacial score (nSPS) is 15.2. The highest BCUT2D eigenvalue weighted by atomic mass is 35.5. The van der Waals surface area contributed by atoms with Gasteiger partial charge in [-0.25, -0.2) is 4.79 Å². The van der Waals surface area contributed by atoms with Crippen molar-refractivity contribution in [3.05, 3.63) is 28.8 Å². The summed E-state index contributed by atoms with van der Waals surface area (Å²) < 4.78 is 0. The largest absolute Gasteiger partial charge is 0.478 e. The summed E-state index contributed by atoms with van der Waals surface area (Å²) >= 11 is 5.83. The van der Waals surface area contributed by atoms with E-state index in [1.54, 1.807) is 0 Å². The summed E-state index contributed by atoms with van der Waals surface area (Å²) in [4.78, 5) is 22.9. The fraction of sp³-hybridized carbons (Fsp3) is 0.429. The summed E-state index contributed by atoms with van der Waals surface area (Å²) in [6, 6.07) is 4.69. The first-order valence-corrected chi connectivity index (χ1v) is 7.00. The number of hydrogen-bond donors (Lipinski definition) is 3. The number of carbonyl (C=O) groups is 2. The number of amides is 1. The van der Waals surface area contributed by atoms with E-state index in [0.717, 1.165) is 12.8 Å². The summed E-state index contributed by atoms with van der Waals surface area (Å²) in [6.45, 7) is 0.177. The van der Waals surface area contributed by atoms with Crippen LogP contribution in [0.25, 0.3) is 0 Å². The molecule has 0 spiro atoms. The van der Waals surface area contributed by atoms with Gasteiger partial charge in [0, 0.05) is 11.1 Å². The van der Waals surface area contributed by atoms with Crippen LogP contribution in [0.3, 0.4) is 0 Å². The van der Waals surface area contributed by atoms with Crippen molar-refractivity contribution in [3.63, 3.8) is 0 Å². The number of halogens is 1. The van der Waals surface area contributed by atoms with Crippen LogP contribution in [0, 0.1) is 0 Å². The van der Waals surface area contributed by atoms with E-state index in [1.807, 2.05) is 0 Å². The molecule has 108 valence electrons. The predicted molar refractivity (Wildman–Crippen MR) is 77.3 cm³/mol. The van der Waals surface area contributed by atoms with E-state index in [-0.39, 0.29) is 23.7 Å². The van der Waals surface area contributed by atoms with Crippen LogP contribution in [0.2, 0.25) is 5.02 Å². The lowest BCUT2D eigenvalue weighted by atomic mass is 10.2. The van der Waals surface area contributed by atoms with Crippen LogP contribution < -0.4 is 10.6 Å². The second kappa shape index (κ2) is 6.72. The van der Waals surface area contributed by atoms with Gasteiger partial charge in [-0.15, -0.1) is 0 Å². The standard InChI is InChI=1S/C14H17ClN2O3/c15-9-5-6-11(14(19)20)12(7-9)17-13(18)8-16-10-3-1-2-4-10/h5-7,10,16H,1-4,8H2,(H,17,18)(H,19,20). The van der Waals surface area contributed by atoms with Gasteiger partial charge in [0.15, 0.2) is 0 Å². The zero-order valence-corrected chi connectivity index (χ0v) is 11.7. The first kappa shape index (κ1) is 14.8. The fourth-order valence-electron chi connectivity index (χ4n) is 2.37. The quantitative estimate of drug-likeness (QED) is 0.780. The third-order valence-electron chi connectivity index (χ3n) is 3.39. The van der Waals surface area contributed by atoms with Gasteiger partial charge in [-0.2, -0.15) is 0 Å². The Labute approximate surface area is 122 Å². The number of carbonyl (C=O) groups excluding carboxylic acids is 1. The maximum atomic E-state index is 11.8. The van der Waals surface area contributed by atoms with Crippen LogP contribution in [-0.2, 0) is 4.79 Å². The molecule has 0 radical (unpaired) electrons.